The molecule has 1 aliphatic carbocycles. The van der Waals surface area contributed by atoms with Gasteiger partial charge in [-0.1, -0.05) is 36.9 Å². The molecular weight excluding hydrogens is 258 g/mol. The van der Waals surface area contributed by atoms with Crippen LogP contribution in [0.1, 0.15) is 37.7 Å². The second kappa shape index (κ2) is 6.29. The molecule has 19 heavy (non-hydrogen) atoms. The quantitative estimate of drug-likeness (QED) is 0.653. The van der Waals surface area contributed by atoms with Crippen molar-refractivity contribution in [2.45, 2.75) is 32.1 Å². The molecular formula is C15H22ClN3. The fourth-order valence-corrected chi connectivity index (χ4v) is 3.22. The number of benzene rings is 1. The first-order chi connectivity index (χ1) is 9.09. The second-order valence-electron chi connectivity index (χ2n) is 5.43. The number of nitrogens with one attached hydrogen (secondary N) is 1. The Morgan fingerprint density at radius 2 is 2.05 bits per heavy atom. The zero-order valence-electron chi connectivity index (χ0n) is 11.5. The summed E-state index contributed by atoms with van der Waals surface area (Å²) in [4.78, 5) is 2.19. The topological polar surface area (TPSA) is 53.1 Å². The summed E-state index contributed by atoms with van der Waals surface area (Å²) in [7, 11) is 2.06. The van der Waals surface area contributed by atoms with Gasteiger partial charge in [-0.05, 0) is 30.9 Å². The maximum absolute atomic E-state index is 7.70. The minimum Gasteiger partial charge on any atom is -0.384 e. The SMILES string of the molecule is CN(CC1CCCCC1)c1cccc(Cl)c1C(=N)N. The van der Waals surface area contributed by atoms with E-state index in [0.717, 1.165) is 18.2 Å². The average Bonchev–Trinajstić information content (AvgIpc) is 2.39. The van der Waals surface area contributed by atoms with Gasteiger partial charge in [-0.25, -0.2) is 0 Å². The van der Waals surface area contributed by atoms with E-state index in [1.807, 2.05) is 12.1 Å². The summed E-state index contributed by atoms with van der Waals surface area (Å²) in [6.07, 6.45) is 6.66. The molecule has 1 aromatic carbocycles. The van der Waals surface area contributed by atoms with E-state index in [0.29, 0.717) is 10.6 Å². The first-order valence-corrected chi connectivity index (χ1v) is 7.31. The van der Waals surface area contributed by atoms with Crippen molar-refractivity contribution < 1.29 is 0 Å². The first kappa shape index (κ1) is 14.2. The van der Waals surface area contributed by atoms with Crippen LogP contribution in [0.2, 0.25) is 5.02 Å². The Balaban J connectivity index is 2.16. The molecule has 1 aliphatic rings. The Kier molecular flexibility index (Phi) is 4.70. The smallest absolute Gasteiger partial charge is 0.126 e. The van der Waals surface area contributed by atoms with E-state index in [9.17, 15) is 0 Å². The maximum atomic E-state index is 7.70. The summed E-state index contributed by atoms with van der Waals surface area (Å²) in [6, 6.07) is 5.70. The van der Waals surface area contributed by atoms with E-state index in [1.165, 1.54) is 32.1 Å². The first-order valence-electron chi connectivity index (χ1n) is 6.93. The van der Waals surface area contributed by atoms with Gasteiger partial charge in [0.1, 0.15) is 5.84 Å². The molecule has 3 nitrogen and oxygen atoms in total. The highest BCUT2D eigenvalue weighted by Gasteiger charge is 2.18. The number of nitrogens with two attached hydrogens (primary N) is 1. The zero-order valence-corrected chi connectivity index (χ0v) is 12.2. The van der Waals surface area contributed by atoms with Crippen LogP contribution in [0.3, 0.4) is 0 Å². The van der Waals surface area contributed by atoms with Gasteiger partial charge in [0, 0.05) is 19.3 Å². The lowest BCUT2D eigenvalue weighted by molar-refractivity contribution is 0.362. The number of hydrogen-bond acceptors (Lipinski definition) is 2. The predicted octanol–water partition coefficient (Wildman–Crippen LogP) is 3.64. The highest BCUT2D eigenvalue weighted by Crippen LogP contribution is 2.29. The van der Waals surface area contributed by atoms with Crippen LogP contribution in [0.4, 0.5) is 5.69 Å². The summed E-state index contributed by atoms with van der Waals surface area (Å²) in [5, 5.41) is 8.25. The van der Waals surface area contributed by atoms with Crippen LogP contribution in [0.25, 0.3) is 0 Å². The lowest BCUT2D eigenvalue weighted by Gasteiger charge is -2.29. The van der Waals surface area contributed by atoms with Crippen molar-refractivity contribution >= 4 is 23.1 Å². The van der Waals surface area contributed by atoms with Gasteiger partial charge in [0.05, 0.1) is 10.6 Å². The van der Waals surface area contributed by atoms with Crippen molar-refractivity contribution in [3.63, 3.8) is 0 Å². The molecule has 0 heterocycles. The molecule has 0 amide bonds. The molecule has 1 aromatic rings. The summed E-state index contributed by atoms with van der Waals surface area (Å²) in [6.45, 7) is 1.01. The third kappa shape index (κ3) is 3.41. The number of amidine groups is 1. The van der Waals surface area contributed by atoms with Gasteiger partial charge in [0.25, 0.3) is 0 Å². The van der Waals surface area contributed by atoms with Gasteiger partial charge in [0.2, 0.25) is 0 Å². The molecule has 1 fully saturated rings. The summed E-state index contributed by atoms with van der Waals surface area (Å²) < 4.78 is 0. The minimum atomic E-state index is 0.0381. The maximum Gasteiger partial charge on any atom is 0.126 e. The molecule has 0 aromatic heterocycles. The van der Waals surface area contributed by atoms with Crippen molar-refractivity contribution in [1.82, 2.24) is 0 Å². The molecule has 0 spiro atoms. The summed E-state index contributed by atoms with van der Waals surface area (Å²) in [5.74, 6) is 0.786. The van der Waals surface area contributed by atoms with Gasteiger partial charge in [-0.3, -0.25) is 5.41 Å². The van der Waals surface area contributed by atoms with Gasteiger partial charge < -0.3 is 10.6 Å². The molecule has 0 saturated heterocycles. The summed E-state index contributed by atoms with van der Waals surface area (Å²) in [5.41, 5.74) is 7.28. The fourth-order valence-electron chi connectivity index (χ4n) is 2.95. The highest BCUT2D eigenvalue weighted by molar-refractivity contribution is 6.34. The largest absolute Gasteiger partial charge is 0.384 e. The lowest BCUT2D eigenvalue weighted by Crippen LogP contribution is -2.29. The Morgan fingerprint density at radius 3 is 2.68 bits per heavy atom. The van der Waals surface area contributed by atoms with E-state index < -0.39 is 0 Å². The normalized spacial score (nSPS) is 16.3. The van der Waals surface area contributed by atoms with E-state index in [-0.39, 0.29) is 5.84 Å². The highest BCUT2D eigenvalue weighted by atomic mass is 35.5. The molecule has 3 N–H and O–H groups in total. The number of rotatable bonds is 4. The molecule has 0 aliphatic heterocycles. The molecule has 104 valence electrons. The molecule has 1 saturated carbocycles. The van der Waals surface area contributed by atoms with Crippen LogP contribution in [-0.4, -0.2) is 19.4 Å². The predicted molar refractivity (Wildman–Crippen MR) is 82.3 cm³/mol. The molecule has 4 heteroatoms. The molecule has 0 radical (unpaired) electrons. The number of anilines is 1. The number of halogens is 1. The third-order valence-corrected chi connectivity index (χ3v) is 4.24. The lowest BCUT2D eigenvalue weighted by atomic mass is 9.89. The van der Waals surface area contributed by atoms with Gasteiger partial charge in [0.15, 0.2) is 0 Å². The van der Waals surface area contributed by atoms with Crippen molar-refractivity contribution in [3.05, 3.63) is 28.8 Å². The Morgan fingerprint density at radius 1 is 1.37 bits per heavy atom. The van der Waals surface area contributed by atoms with Crippen molar-refractivity contribution in [2.75, 3.05) is 18.5 Å². The monoisotopic (exact) mass is 279 g/mol. The number of nitrogen functional groups attached to an aromatic ring is 1. The van der Waals surface area contributed by atoms with Crippen LogP contribution >= 0.6 is 11.6 Å². The number of hydrogen-bond donors (Lipinski definition) is 2. The van der Waals surface area contributed by atoms with Gasteiger partial charge in [-0.15, -0.1) is 0 Å². The van der Waals surface area contributed by atoms with Crippen molar-refractivity contribution in [3.8, 4) is 0 Å². The van der Waals surface area contributed by atoms with Crippen LogP contribution in [0.15, 0.2) is 18.2 Å². The second-order valence-corrected chi connectivity index (χ2v) is 5.84. The minimum absolute atomic E-state index is 0.0381. The van der Waals surface area contributed by atoms with E-state index in [2.05, 4.69) is 11.9 Å². The van der Waals surface area contributed by atoms with Gasteiger partial charge >= 0.3 is 0 Å². The van der Waals surface area contributed by atoms with E-state index in [4.69, 9.17) is 22.7 Å². The molecule has 0 atom stereocenters. The van der Waals surface area contributed by atoms with Crippen LogP contribution < -0.4 is 10.6 Å². The van der Waals surface area contributed by atoms with Gasteiger partial charge in [-0.2, -0.15) is 0 Å². The van der Waals surface area contributed by atoms with Crippen molar-refractivity contribution in [2.24, 2.45) is 11.7 Å². The Labute approximate surface area is 120 Å². The van der Waals surface area contributed by atoms with Crippen LogP contribution in [-0.2, 0) is 0 Å². The standard InChI is InChI=1S/C15H22ClN3/c1-19(10-11-6-3-2-4-7-11)13-9-5-8-12(16)14(13)15(17)18/h5,8-9,11H,2-4,6-7,10H2,1H3,(H3,17,18). The van der Waals surface area contributed by atoms with E-state index in [1.54, 1.807) is 6.07 Å². The Bertz CT molecular complexity index is 453. The van der Waals surface area contributed by atoms with E-state index >= 15 is 0 Å². The third-order valence-electron chi connectivity index (χ3n) is 3.93. The Hall–Kier alpha value is -1.22. The van der Waals surface area contributed by atoms with Crippen molar-refractivity contribution in [1.29, 1.82) is 5.41 Å². The zero-order chi connectivity index (χ0) is 13.8. The molecule has 2 rings (SSSR count). The number of nitrogens with zero attached hydrogens (tertiary/aromatic N) is 1. The fraction of sp³-hybridized carbons (Fsp3) is 0.533. The molecule has 0 unspecified atom stereocenters. The average molecular weight is 280 g/mol. The van der Waals surface area contributed by atoms with Crippen LogP contribution in [0, 0.1) is 11.3 Å². The van der Waals surface area contributed by atoms with Crippen LogP contribution in [0.5, 0.6) is 0 Å². The summed E-state index contributed by atoms with van der Waals surface area (Å²) >= 11 is 6.16. The molecule has 0 bridgehead atoms.